The quantitative estimate of drug-likeness (QED) is 0.807. The summed E-state index contributed by atoms with van der Waals surface area (Å²) in [5.41, 5.74) is 2.45. The molecule has 2 aromatic rings. The minimum Gasteiger partial charge on any atom is -0.204 e. The Morgan fingerprint density at radius 1 is 0.833 bits per heavy atom. The van der Waals surface area contributed by atoms with Crippen molar-refractivity contribution in [2.24, 2.45) is 0 Å². The minimum atomic E-state index is -0.822. The number of hydrogen-bond acceptors (Lipinski definition) is 1. The highest BCUT2D eigenvalue weighted by atomic mass is 19.2. The fourth-order valence-corrected chi connectivity index (χ4v) is 1.73. The summed E-state index contributed by atoms with van der Waals surface area (Å²) in [5.74, 6) is -1.63. The van der Waals surface area contributed by atoms with Crippen molar-refractivity contribution in [3.8, 4) is 6.07 Å². The summed E-state index contributed by atoms with van der Waals surface area (Å²) in [7, 11) is 0. The highest BCUT2D eigenvalue weighted by molar-refractivity contribution is 5.32. The summed E-state index contributed by atoms with van der Waals surface area (Å²) in [6.45, 7) is 0. The molecule has 0 aromatic heterocycles. The Kier molecular flexibility index (Phi) is 3.69. The number of benzene rings is 2. The van der Waals surface area contributed by atoms with Crippen LogP contribution in [0.4, 0.5) is 8.78 Å². The van der Waals surface area contributed by atoms with E-state index >= 15 is 0 Å². The lowest BCUT2D eigenvalue weighted by molar-refractivity contribution is 0.507. The summed E-state index contributed by atoms with van der Waals surface area (Å²) in [4.78, 5) is 0. The lowest BCUT2D eigenvalue weighted by Crippen LogP contribution is -1.94. The number of aryl methyl sites for hydroxylation is 2. The van der Waals surface area contributed by atoms with E-state index in [-0.39, 0.29) is 0 Å². The SMILES string of the molecule is N#Cc1ccc(CCc2ccc(F)c(F)c2)cc1. The van der Waals surface area contributed by atoms with Crippen LogP contribution in [-0.4, -0.2) is 0 Å². The molecule has 0 spiro atoms. The van der Waals surface area contributed by atoms with Crippen LogP contribution in [0.1, 0.15) is 16.7 Å². The zero-order valence-electron chi connectivity index (χ0n) is 9.66. The van der Waals surface area contributed by atoms with Gasteiger partial charge in [-0.3, -0.25) is 0 Å². The Labute approximate surface area is 104 Å². The molecule has 2 rings (SSSR count). The van der Waals surface area contributed by atoms with Gasteiger partial charge in [0.25, 0.3) is 0 Å². The van der Waals surface area contributed by atoms with Crippen LogP contribution < -0.4 is 0 Å². The maximum Gasteiger partial charge on any atom is 0.159 e. The van der Waals surface area contributed by atoms with Crippen molar-refractivity contribution in [3.63, 3.8) is 0 Å². The van der Waals surface area contributed by atoms with Gasteiger partial charge in [-0.1, -0.05) is 18.2 Å². The second-order valence-corrected chi connectivity index (χ2v) is 4.06. The Balaban J connectivity index is 2.02. The van der Waals surface area contributed by atoms with Gasteiger partial charge < -0.3 is 0 Å². The van der Waals surface area contributed by atoms with E-state index in [2.05, 4.69) is 6.07 Å². The van der Waals surface area contributed by atoms with E-state index in [1.54, 1.807) is 18.2 Å². The van der Waals surface area contributed by atoms with Crippen LogP contribution in [0, 0.1) is 23.0 Å². The van der Waals surface area contributed by atoms with Gasteiger partial charge in [-0.25, -0.2) is 8.78 Å². The van der Waals surface area contributed by atoms with E-state index in [1.807, 2.05) is 12.1 Å². The van der Waals surface area contributed by atoms with Crippen LogP contribution in [0.5, 0.6) is 0 Å². The number of rotatable bonds is 3. The molecule has 0 saturated carbocycles. The summed E-state index contributed by atoms with van der Waals surface area (Å²) >= 11 is 0. The molecule has 0 unspecified atom stereocenters. The molecular formula is C15H11F2N. The highest BCUT2D eigenvalue weighted by Crippen LogP contribution is 2.12. The summed E-state index contributed by atoms with van der Waals surface area (Å²) in [5, 5.41) is 8.67. The molecule has 0 atom stereocenters. The zero-order valence-corrected chi connectivity index (χ0v) is 9.66. The Bertz CT molecular complexity index is 582. The van der Waals surface area contributed by atoms with Crippen LogP contribution in [0.2, 0.25) is 0 Å². The smallest absolute Gasteiger partial charge is 0.159 e. The molecule has 3 heteroatoms. The van der Waals surface area contributed by atoms with Crippen molar-refractivity contribution in [1.29, 1.82) is 5.26 Å². The molecule has 0 fully saturated rings. The lowest BCUT2D eigenvalue weighted by Gasteiger charge is -2.03. The molecule has 18 heavy (non-hydrogen) atoms. The van der Waals surface area contributed by atoms with Gasteiger partial charge in [-0.05, 0) is 48.2 Å². The van der Waals surface area contributed by atoms with Gasteiger partial charge in [0, 0.05) is 0 Å². The largest absolute Gasteiger partial charge is 0.204 e. The predicted molar refractivity (Wildman–Crippen MR) is 64.9 cm³/mol. The lowest BCUT2D eigenvalue weighted by atomic mass is 10.0. The van der Waals surface area contributed by atoms with Gasteiger partial charge >= 0.3 is 0 Å². The maximum absolute atomic E-state index is 13.0. The van der Waals surface area contributed by atoms with Gasteiger partial charge in [-0.15, -0.1) is 0 Å². The van der Waals surface area contributed by atoms with Crippen LogP contribution in [0.25, 0.3) is 0 Å². The van der Waals surface area contributed by atoms with Gasteiger partial charge in [0.1, 0.15) is 0 Å². The Hall–Kier alpha value is -2.21. The second-order valence-electron chi connectivity index (χ2n) is 4.06. The van der Waals surface area contributed by atoms with Crippen LogP contribution in [0.15, 0.2) is 42.5 Å². The first kappa shape index (κ1) is 12.3. The van der Waals surface area contributed by atoms with Crippen molar-refractivity contribution >= 4 is 0 Å². The first-order valence-corrected chi connectivity index (χ1v) is 5.62. The molecule has 90 valence electrons. The minimum absolute atomic E-state index is 0.617. The number of halogens is 2. The van der Waals surface area contributed by atoms with E-state index in [0.29, 0.717) is 12.0 Å². The zero-order chi connectivity index (χ0) is 13.0. The number of nitriles is 1. The number of hydrogen-bond donors (Lipinski definition) is 0. The fourth-order valence-electron chi connectivity index (χ4n) is 1.73. The van der Waals surface area contributed by atoms with Crippen molar-refractivity contribution in [3.05, 3.63) is 70.8 Å². The van der Waals surface area contributed by atoms with Gasteiger partial charge in [0.2, 0.25) is 0 Å². The summed E-state index contributed by atoms with van der Waals surface area (Å²) < 4.78 is 25.7. The highest BCUT2D eigenvalue weighted by Gasteiger charge is 2.03. The van der Waals surface area contributed by atoms with Gasteiger partial charge in [0.05, 0.1) is 11.6 Å². The van der Waals surface area contributed by atoms with E-state index in [4.69, 9.17) is 5.26 Å². The van der Waals surface area contributed by atoms with Crippen molar-refractivity contribution in [1.82, 2.24) is 0 Å². The standard InChI is InChI=1S/C15H11F2N/c16-14-8-7-12(9-15(14)17)4-1-11-2-5-13(10-18)6-3-11/h2-3,5-9H,1,4H2. The predicted octanol–water partition coefficient (Wildman–Crippen LogP) is 3.62. The van der Waals surface area contributed by atoms with Crippen LogP contribution in [-0.2, 0) is 12.8 Å². The van der Waals surface area contributed by atoms with E-state index in [9.17, 15) is 8.78 Å². The van der Waals surface area contributed by atoms with Crippen LogP contribution in [0.3, 0.4) is 0 Å². The molecule has 0 amide bonds. The molecule has 0 aliphatic rings. The first-order chi connectivity index (χ1) is 8.69. The molecule has 0 radical (unpaired) electrons. The Morgan fingerprint density at radius 3 is 2.06 bits per heavy atom. The monoisotopic (exact) mass is 243 g/mol. The second kappa shape index (κ2) is 5.42. The van der Waals surface area contributed by atoms with Crippen LogP contribution >= 0.6 is 0 Å². The maximum atomic E-state index is 13.0. The summed E-state index contributed by atoms with van der Waals surface area (Å²) in [6, 6.07) is 13.2. The fraction of sp³-hybridized carbons (Fsp3) is 0.133. The molecule has 0 aliphatic carbocycles. The molecule has 0 saturated heterocycles. The number of nitrogens with zero attached hydrogens (tertiary/aromatic N) is 1. The molecule has 0 heterocycles. The third-order valence-corrected chi connectivity index (χ3v) is 2.77. The van der Waals surface area contributed by atoms with E-state index in [1.165, 1.54) is 6.07 Å². The van der Waals surface area contributed by atoms with Crippen molar-refractivity contribution < 1.29 is 8.78 Å². The average Bonchev–Trinajstić information content (AvgIpc) is 2.41. The van der Waals surface area contributed by atoms with E-state index < -0.39 is 11.6 Å². The van der Waals surface area contributed by atoms with Gasteiger partial charge in [0.15, 0.2) is 11.6 Å². The third-order valence-electron chi connectivity index (χ3n) is 2.77. The van der Waals surface area contributed by atoms with E-state index in [0.717, 1.165) is 23.6 Å². The molecule has 0 bridgehead atoms. The molecule has 1 nitrogen and oxygen atoms in total. The molecule has 2 aromatic carbocycles. The average molecular weight is 243 g/mol. The van der Waals surface area contributed by atoms with Crippen molar-refractivity contribution in [2.45, 2.75) is 12.8 Å². The summed E-state index contributed by atoms with van der Waals surface area (Å²) in [6.07, 6.45) is 1.37. The van der Waals surface area contributed by atoms with Crippen molar-refractivity contribution in [2.75, 3.05) is 0 Å². The first-order valence-electron chi connectivity index (χ1n) is 5.62. The molecule has 0 aliphatic heterocycles. The molecular weight excluding hydrogens is 232 g/mol. The Morgan fingerprint density at radius 2 is 1.44 bits per heavy atom. The normalized spacial score (nSPS) is 10.1. The topological polar surface area (TPSA) is 23.8 Å². The van der Waals surface area contributed by atoms with Gasteiger partial charge in [-0.2, -0.15) is 5.26 Å². The molecule has 0 N–H and O–H groups in total. The third kappa shape index (κ3) is 2.92.